The fourth-order valence-electron chi connectivity index (χ4n) is 2.30. The summed E-state index contributed by atoms with van der Waals surface area (Å²) in [6.45, 7) is 6.07. The average Bonchev–Trinajstić information content (AvgIpc) is 2.37. The first kappa shape index (κ1) is 10.0. The van der Waals surface area contributed by atoms with Crippen LogP contribution in [0.2, 0.25) is 0 Å². The maximum Gasteiger partial charge on any atom is 0.225 e. The molecule has 0 bridgehead atoms. The van der Waals surface area contributed by atoms with Gasteiger partial charge in [-0.3, -0.25) is 0 Å². The molecule has 0 saturated heterocycles. The normalized spacial score (nSPS) is 10.9. The van der Waals surface area contributed by atoms with E-state index in [2.05, 4.69) is 65.9 Å². The number of hydrogen-bond acceptors (Lipinski definition) is 0. The minimum atomic E-state index is 1.03. The van der Waals surface area contributed by atoms with Crippen LogP contribution >= 0.6 is 0 Å². The van der Waals surface area contributed by atoms with E-state index in [1.807, 2.05) is 6.92 Å². The Bertz CT molecular complexity index is 726. The van der Waals surface area contributed by atoms with Crippen molar-refractivity contribution in [1.29, 1.82) is 0 Å². The quantitative estimate of drug-likeness (QED) is 0.434. The van der Waals surface area contributed by atoms with Crippen LogP contribution < -0.4 is 4.57 Å². The molecule has 0 unspecified atom stereocenters. The standard InChI is InChI=1S/C16H14N/c1-12(2)17-11-5-7-14-10-9-13-6-3-4-8-15(13)16(14)17/h3-11H,1H2,2H3/q+1. The van der Waals surface area contributed by atoms with Crippen LogP contribution in [0.3, 0.4) is 0 Å². The summed E-state index contributed by atoms with van der Waals surface area (Å²) in [4.78, 5) is 0. The highest BCUT2D eigenvalue weighted by molar-refractivity contribution is 6.03. The predicted octanol–water partition coefficient (Wildman–Crippen LogP) is 3.77. The van der Waals surface area contributed by atoms with Gasteiger partial charge in [0.15, 0.2) is 11.9 Å². The molecule has 0 aliphatic carbocycles. The van der Waals surface area contributed by atoms with Crippen molar-refractivity contribution in [3.8, 4) is 0 Å². The van der Waals surface area contributed by atoms with Crippen molar-refractivity contribution < 1.29 is 4.57 Å². The SMILES string of the molecule is C=C(C)[n+]1cccc2ccc3ccccc3c21. The van der Waals surface area contributed by atoms with Crippen molar-refractivity contribution in [1.82, 2.24) is 0 Å². The molecule has 0 aliphatic heterocycles. The van der Waals surface area contributed by atoms with E-state index in [-0.39, 0.29) is 0 Å². The maximum absolute atomic E-state index is 4.05. The molecule has 0 atom stereocenters. The van der Waals surface area contributed by atoms with Crippen molar-refractivity contribution in [2.24, 2.45) is 0 Å². The molecule has 0 N–H and O–H groups in total. The van der Waals surface area contributed by atoms with Crippen LogP contribution in [-0.2, 0) is 0 Å². The van der Waals surface area contributed by atoms with Gasteiger partial charge in [0, 0.05) is 18.4 Å². The molecular weight excluding hydrogens is 206 g/mol. The molecule has 0 aliphatic rings. The van der Waals surface area contributed by atoms with Gasteiger partial charge in [0.2, 0.25) is 5.52 Å². The molecule has 82 valence electrons. The van der Waals surface area contributed by atoms with E-state index in [4.69, 9.17) is 0 Å². The first-order valence-electron chi connectivity index (χ1n) is 5.75. The number of pyridine rings is 1. The Labute approximate surface area is 101 Å². The zero-order valence-electron chi connectivity index (χ0n) is 9.85. The second-order valence-corrected chi connectivity index (χ2v) is 4.34. The second kappa shape index (κ2) is 3.70. The Morgan fingerprint density at radius 1 is 0.941 bits per heavy atom. The Hall–Kier alpha value is -2.15. The largest absolute Gasteiger partial charge is 0.225 e. The zero-order valence-corrected chi connectivity index (χ0v) is 9.85. The summed E-state index contributed by atoms with van der Waals surface area (Å²) in [6.07, 6.45) is 2.07. The van der Waals surface area contributed by atoms with Crippen LogP contribution in [-0.4, -0.2) is 0 Å². The third-order valence-corrected chi connectivity index (χ3v) is 3.09. The van der Waals surface area contributed by atoms with Gasteiger partial charge in [-0.1, -0.05) is 24.3 Å². The van der Waals surface area contributed by atoms with Gasteiger partial charge in [-0.25, -0.2) is 0 Å². The molecule has 2 aromatic carbocycles. The second-order valence-electron chi connectivity index (χ2n) is 4.34. The summed E-state index contributed by atoms with van der Waals surface area (Å²) in [5, 5.41) is 3.78. The van der Waals surface area contributed by atoms with Crippen molar-refractivity contribution >= 4 is 27.4 Å². The lowest BCUT2D eigenvalue weighted by Crippen LogP contribution is -2.30. The molecule has 0 radical (unpaired) electrons. The minimum absolute atomic E-state index is 1.03. The van der Waals surface area contributed by atoms with Crippen LogP contribution in [0.15, 0.2) is 61.3 Å². The van der Waals surface area contributed by atoms with Crippen LogP contribution in [0, 0.1) is 0 Å². The van der Waals surface area contributed by atoms with Crippen molar-refractivity contribution in [2.45, 2.75) is 6.92 Å². The molecule has 3 rings (SSSR count). The number of benzene rings is 2. The predicted molar refractivity (Wildman–Crippen MR) is 72.7 cm³/mol. The molecule has 1 heteroatoms. The van der Waals surface area contributed by atoms with E-state index in [1.165, 1.54) is 21.7 Å². The smallest absolute Gasteiger partial charge is 0.164 e. The Kier molecular flexibility index (Phi) is 2.19. The van der Waals surface area contributed by atoms with Crippen molar-refractivity contribution in [3.05, 3.63) is 61.3 Å². The molecule has 0 spiro atoms. The van der Waals surface area contributed by atoms with Crippen LogP contribution in [0.4, 0.5) is 0 Å². The minimum Gasteiger partial charge on any atom is -0.164 e. The first-order chi connectivity index (χ1) is 8.27. The van der Waals surface area contributed by atoms with Gasteiger partial charge in [-0.05, 0) is 30.2 Å². The molecule has 1 aromatic heterocycles. The number of allylic oxidation sites excluding steroid dienone is 1. The van der Waals surface area contributed by atoms with Gasteiger partial charge in [0.25, 0.3) is 0 Å². The van der Waals surface area contributed by atoms with Gasteiger partial charge in [0.1, 0.15) is 0 Å². The summed E-state index contributed by atoms with van der Waals surface area (Å²) in [5.74, 6) is 0. The van der Waals surface area contributed by atoms with Gasteiger partial charge < -0.3 is 0 Å². The highest BCUT2D eigenvalue weighted by Crippen LogP contribution is 2.22. The van der Waals surface area contributed by atoms with Crippen molar-refractivity contribution in [3.63, 3.8) is 0 Å². The van der Waals surface area contributed by atoms with Gasteiger partial charge in [-0.2, -0.15) is 4.57 Å². The molecule has 17 heavy (non-hydrogen) atoms. The van der Waals surface area contributed by atoms with E-state index in [0.29, 0.717) is 0 Å². The van der Waals surface area contributed by atoms with E-state index >= 15 is 0 Å². The summed E-state index contributed by atoms with van der Waals surface area (Å²) >= 11 is 0. The lowest BCUT2D eigenvalue weighted by molar-refractivity contribution is -0.551. The van der Waals surface area contributed by atoms with Crippen LogP contribution in [0.25, 0.3) is 27.4 Å². The van der Waals surface area contributed by atoms with Crippen LogP contribution in [0.1, 0.15) is 6.92 Å². The maximum atomic E-state index is 4.05. The summed E-state index contributed by atoms with van der Waals surface area (Å²) in [5.41, 5.74) is 2.27. The van der Waals surface area contributed by atoms with Gasteiger partial charge >= 0.3 is 0 Å². The number of aromatic nitrogens is 1. The molecule has 0 fully saturated rings. The molecule has 0 amide bonds. The Morgan fingerprint density at radius 2 is 1.65 bits per heavy atom. The lowest BCUT2D eigenvalue weighted by Gasteiger charge is -2.03. The Morgan fingerprint density at radius 3 is 2.47 bits per heavy atom. The number of fused-ring (bicyclic) bond motifs is 3. The lowest BCUT2D eigenvalue weighted by atomic mass is 10.1. The zero-order chi connectivity index (χ0) is 11.8. The Balaban J connectivity index is 2.59. The fraction of sp³-hybridized carbons (Fsp3) is 0.0625. The summed E-state index contributed by atoms with van der Waals surface area (Å²) in [6, 6.07) is 17.0. The number of hydrogen-bond donors (Lipinski definition) is 0. The third kappa shape index (κ3) is 1.51. The molecule has 0 saturated carbocycles. The van der Waals surface area contributed by atoms with E-state index < -0.39 is 0 Å². The highest BCUT2D eigenvalue weighted by Gasteiger charge is 2.12. The van der Waals surface area contributed by atoms with E-state index in [1.54, 1.807) is 0 Å². The number of nitrogens with zero attached hydrogens (tertiary/aromatic N) is 1. The number of rotatable bonds is 1. The molecule has 1 heterocycles. The van der Waals surface area contributed by atoms with Crippen molar-refractivity contribution in [2.75, 3.05) is 0 Å². The van der Waals surface area contributed by atoms with Gasteiger partial charge in [0.05, 0.1) is 5.39 Å². The molecular formula is C16H14N+. The van der Waals surface area contributed by atoms with Gasteiger partial charge in [-0.15, -0.1) is 0 Å². The van der Waals surface area contributed by atoms with Crippen LogP contribution in [0.5, 0.6) is 0 Å². The first-order valence-corrected chi connectivity index (χ1v) is 5.75. The topological polar surface area (TPSA) is 3.88 Å². The van der Waals surface area contributed by atoms with E-state index in [9.17, 15) is 0 Å². The summed E-state index contributed by atoms with van der Waals surface area (Å²) < 4.78 is 2.15. The molecule has 1 nitrogen and oxygen atoms in total. The fourth-order valence-corrected chi connectivity index (χ4v) is 2.30. The monoisotopic (exact) mass is 220 g/mol. The highest BCUT2D eigenvalue weighted by atomic mass is 15.0. The molecule has 3 aromatic rings. The average molecular weight is 220 g/mol. The van der Waals surface area contributed by atoms with E-state index in [0.717, 1.165) is 5.70 Å². The summed E-state index contributed by atoms with van der Waals surface area (Å²) in [7, 11) is 0. The third-order valence-electron chi connectivity index (χ3n) is 3.09.